The van der Waals surface area contributed by atoms with Crippen LogP contribution in [0.15, 0.2) is 48.5 Å². The SMILES string of the molecule is Cc1nn(-c2ccc(F)cc2)c(C)c1CNCCc1ccc(C(F)(F)F)cc1.Cl. The molecule has 0 amide bonds. The molecule has 2 aromatic carbocycles. The third-order valence-electron chi connectivity index (χ3n) is 4.69. The highest BCUT2D eigenvalue weighted by Crippen LogP contribution is 2.29. The van der Waals surface area contributed by atoms with Gasteiger partial charge in [0.1, 0.15) is 5.82 Å². The number of benzene rings is 2. The van der Waals surface area contributed by atoms with Crippen molar-refractivity contribution in [1.82, 2.24) is 15.1 Å². The van der Waals surface area contributed by atoms with Gasteiger partial charge in [-0.05, 0) is 68.8 Å². The highest BCUT2D eigenvalue weighted by atomic mass is 35.5. The normalized spacial score (nSPS) is 11.4. The Hall–Kier alpha value is -2.38. The van der Waals surface area contributed by atoms with Crippen LogP contribution in [0.2, 0.25) is 0 Å². The number of nitrogens with one attached hydrogen (secondary N) is 1. The molecule has 0 saturated carbocycles. The number of aryl methyl sites for hydroxylation is 1. The van der Waals surface area contributed by atoms with Gasteiger partial charge in [0.25, 0.3) is 0 Å². The topological polar surface area (TPSA) is 29.9 Å². The van der Waals surface area contributed by atoms with Crippen molar-refractivity contribution in [2.24, 2.45) is 0 Å². The summed E-state index contributed by atoms with van der Waals surface area (Å²) < 4.78 is 52.7. The average Bonchev–Trinajstić information content (AvgIpc) is 2.93. The molecule has 0 bridgehead atoms. The zero-order chi connectivity index (χ0) is 20.3. The van der Waals surface area contributed by atoms with Gasteiger partial charge in [-0.3, -0.25) is 0 Å². The summed E-state index contributed by atoms with van der Waals surface area (Å²) in [7, 11) is 0. The summed E-state index contributed by atoms with van der Waals surface area (Å²) in [5.41, 5.74) is 3.89. The Morgan fingerprint density at radius 1 is 0.966 bits per heavy atom. The van der Waals surface area contributed by atoms with Gasteiger partial charge in [-0.25, -0.2) is 9.07 Å². The fraction of sp³-hybridized carbons (Fsp3) is 0.286. The van der Waals surface area contributed by atoms with Crippen LogP contribution in [0.25, 0.3) is 5.69 Å². The molecule has 0 spiro atoms. The molecule has 0 fully saturated rings. The Kier molecular flexibility index (Phi) is 7.43. The summed E-state index contributed by atoms with van der Waals surface area (Å²) in [6.07, 6.45) is -3.68. The molecule has 156 valence electrons. The molecule has 0 aliphatic rings. The molecule has 1 heterocycles. The van der Waals surface area contributed by atoms with Gasteiger partial charge in [-0.1, -0.05) is 12.1 Å². The molecule has 1 N–H and O–H groups in total. The number of halogens is 5. The van der Waals surface area contributed by atoms with Gasteiger partial charge in [0, 0.05) is 17.8 Å². The van der Waals surface area contributed by atoms with E-state index in [1.165, 1.54) is 24.3 Å². The monoisotopic (exact) mass is 427 g/mol. The Bertz CT molecular complexity index is 932. The standard InChI is InChI=1S/C21H21F4N3.ClH/c1-14-20(15(2)28(27-14)19-9-7-18(22)8-10-19)13-26-12-11-16-3-5-17(6-4-16)21(23,24)25;/h3-10,26H,11-13H2,1-2H3;1H. The number of hydrogen-bond donors (Lipinski definition) is 1. The quantitative estimate of drug-likeness (QED) is 0.421. The lowest BCUT2D eigenvalue weighted by Gasteiger charge is -2.09. The molecule has 0 saturated heterocycles. The lowest BCUT2D eigenvalue weighted by Crippen LogP contribution is -2.17. The Morgan fingerprint density at radius 2 is 1.59 bits per heavy atom. The van der Waals surface area contributed by atoms with Gasteiger partial charge >= 0.3 is 6.18 Å². The van der Waals surface area contributed by atoms with Crippen LogP contribution in [0.3, 0.4) is 0 Å². The first-order valence-corrected chi connectivity index (χ1v) is 8.93. The number of hydrogen-bond acceptors (Lipinski definition) is 2. The van der Waals surface area contributed by atoms with Gasteiger partial charge in [-0.15, -0.1) is 12.4 Å². The van der Waals surface area contributed by atoms with E-state index in [1.807, 2.05) is 13.8 Å². The van der Waals surface area contributed by atoms with E-state index in [0.717, 1.165) is 40.3 Å². The summed E-state index contributed by atoms with van der Waals surface area (Å²) in [5.74, 6) is -0.296. The van der Waals surface area contributed by atoms with E-state index < -0.39 is 11.7 Å². The highest BCUT2D eigenvalue weighted by molar-refractivity contribution is 5.85. The summed E-state index contributed by atoms with van der Waals surface area (Å²) in [6.45, 7) is 5.10. The van der Waals surface area contributed by atoms with E-state index in [-0.39, 0.29) is 18.2 Å². The van der Waals surface area contributed by atoms with Crippen LogP contribution in [0.5, 0.6) is 0 Å². The van der Waals surface area contributed by atoms with Crippen molar-refractivity contribution in [3.05, 3.63) is 82.4 Å². The van der Waals surface area contributed by atoms with Gasteiger partial charge in [0.05, 0.1) is 16.9 Å². The van der Waals surface area contributed by atoms with Crippen LogP contribution in [0.1, 0.15) is 28.1 Å². The molecule has 0 aliphatic heterocycles. The second-order valence-electron chi connectivity index (χ2n) is 6.66. The number of aromatic nitrogens is 2. The zero-order valence-electron chi connectivity index (χ0n) is 16.1. The summed E-state index contributed by atoms with van der Waals surface area (Å²) in [6, 6.07) is 11.4. The van der Waals surface area contributed by atoms with Crippen molar-refractivity contribution in [2.45, 2.75) is 33.0 Å². The number of alkyl halides is 3. The van der Waals surface area contributed by atoms with Crippen LogP contribution >= 0.6 is 12.4 Å². The minimum Gasteiger partial charge on any atom is -0.312 e. The maximum absolute atomic E-state index is 13.1. The first kappa shape index (κ1) is 22.9. The predicted octanol–water partition coefficient (Wildman–Crippen LogP) is 5.40. The highest BCUT2D eigenvalue weighted by Gasteiger charge is 2.29. The van der Waals surface area contributed by atoms with E-state index in [0.29, 0.717) is 19.5 Å². The lowest BCUT2D eigenvalue weighted by molar-refractivity contribution is -0.137. The summed E-state index contributed by atoms with van der Waals surface area (Å²) >= 11 is 0. The summed E-state index contributed by atoms with van der Waals surface area (Å²) in [5, 5.41) is 7.84. The van der Waals surface area contributed by atoms with E-state index >= 15 is 0 Å². The molecule has 1 aromatic heterocycles. The Labute approximate surface area is 173 Å². The molecule has 8 heteroatoms. The van der Waals surface area contributed by atoms with Crippen molar-refractivity contribution < 1.29 is 17.6 Å². The third-order valence-corrected chi connectivity index (χ3v) is 4.69. The van der Waals surface area contributed by atoms with Crippen molar-refractivity contribution in [3.8, 4) is 5.69 Å². The largest absolute Gasteiger partial charge is 0.416 e. The fourth-order valence-electron chi connectivity index (χ4n) is 3.07. The maximum atomic E-state index is 13.1. The average molecular weight is 428 g/mol. The van der Waals surface area contributed by atoms with Crippen molar-refractivity contribution in [3.63, 3.8) is 0 Å². The van der Waals surface area contributed by atoms with Crippen LogP contribution in [0, 0.1) is 19.7 Å². The van der Waals surface area contributed by atoms with Gasteiger partial charge in [0.15, 0.2) is 0 Å². The van der Waals surface area contributed by atoms with Gasteiger partial charge in [0.2, 0.25) is 0 Å². The smallest absolute Gasteiger partial charge is 0.312 e. The van der Waals surface area contributed by atoms with Crippen LogP contribution < -0.4 is 5.32 Å². The van der Waals surface area contributed by atoms with Crippen molar-refractivity contribution in [2.75, 3.05) is 6.54 Å². The molecule has 0 unspecified atom stereocenters. The predicted molar refractivity (Wildman–Crippen MR) is 107 cm³/mol. The van der Waals surface area contributed by atoms with Crippen molar-refractivity contribution >= 4 is 12.4 Å². The molecule has 3 nitrogen and oxygen atoms in total. The minimum absolute atomic E-state index is 0. The lowest BCUT2D eigenvalue weighted by atomic mass is 10.1. The first-order valence-electron chi connectivity index (χ1n) is 8.93. The first-order chi connectivity index (χ1) is 13.3. The molecule has 0 radical (unpaired) electrons. The molecular formula is C21H22ClF4N3. The van der Waals surface area contributed by atoms with E-state index in [2.05, 4.69) is 10.4 Å². The minimum atomic E-state index is -4.31. The molecule has 0 atom stereocenters. The van der Waals surface area contributed by atoms with Crippen molar-refractivity contribution in [1.29, 1.82) is 0 Å². The van der Waals surface area contributed by atoms with Crippen LogP contribution in [-0.4, -0.2) is 16.3 Å². The van der Waals surface area contributed by atoms with Gasteiger partial charge in [-0.2, -0.15) is 18.3 Å². The van der Waals surface area contributed by atoms with Gasteiger partial charge < -0.3 is 5.32 Å². The number of rotatable bonds is 6. The maximum Gasteiger partial charge on any atom is 0.416 e. The fourth-order valence-corrected chi connectivity index (χ4v) is 3.07. The second kappa shape index (κ2) is 9.41. The number of nitrogens with zero attached hydrogens (tertiary/aromatic N) is 2. The van der Waals surface area contributed by atoms with E-state index in [4.69, 9.17) is 0 Å². The molecular weight excluding hydrogens is 406 g/mol. The molecule has 3 rings (SSSR count). The van der Waals surface area contributed by atoms with E-state index in [9.17, 15) is 17.6 Å². The molecule has 29 heavy (non-hydrogen) atoms. The van der Waals surface area contributed by atoms with Crippen LogP contribution in [-0.2, 0) is 19.1 Å². The Balaban J connectivity index is 0.00000300. The third kappa shape index (κ3) is 5.58. The van der Waals surface area contributed by atoms with Crippen LogP contribution in [0.4, 0.5) is 17.6 Å². The second-order valence-corrected chi connectivity index (χ2v) is 6.66. The molecule has 0 aliphatic carbocycles. The Morgan fingerprint density at radius 3 is 2.17 bits per heavy atom. The summed E-state index contributed by atoms with van der Waals surface area (Å²) in [4.78, 5) is 0. The zero-order valence-corrected chi connectivity index (χ0v) is 16.9. The van der Waals surface area contributed by atoms with E-state index in [1.54, 1.807) is 16.8 Å². The molecule has 3 aromatic rings.